The van der Waals surface area contributed by atoms with Crippen LogP contribution in [0.3, 0.4) is 0 Å². The minimum Gasteiger partial charge on any atom is -0.316 e. The summed E-state index contributed by atoms with van der Waals surface area (Å²) in [7, 11) is 0. The minimum absolute atomic E-state index is 0.471. The molecule has 104 valence electrons. The summed E-state index contributed by atoms with van der Waals surface area (Å²) < 4.78 is 1.30. The number of aryl methyl sites for hydroxylation is 1. The van der Waals surface area contributed by atoms with Crippen molar-refractivity contribution in [2.24, 2.45) is 5.41 Å². The van der Waals surface area contributed by atoms with Crippen molar-refractivity contribution in [3.05, 3.63) is 33.3 Å². The van der Waals surface area contributed by atoms with Gasteiger partial charge in [-0.05, 0) is 54.5 Å². The number of hydrogen-bond donors (Lipinski definition) is 1. The summed E-state index contributed by atoms with van der Waals surface area (Å²) in [6, 6.07) is 4.61. The first-order valence-corrected chi connectivity index (χ1v) is 8.06. The Kier molecular flexibility index (Phi) is 3.71. The summed E-state index contributed by atoms with van der Waals surface area (Å²) >= 11 is 3.72. The number of fused-ring (bicyclic) bond motifs is 1. The highest BCUT2D eigenvalue weighted by Gasteiger charge is 2.31. The van der Waals surface area contributed by atoms with Gasteiger partial charge in [-0.2, -0.15) is 0 Å². The van der Waals surface area contributed by atoms with Gasteiger partial charge in [0.15, 0.2) is 0 Å². The second kappa shape index (κ2) is 5.19. The van der Waals surface area contributed by atoms with Crippen LogP contribution in [0, 0.1) is 12.3 Å². The highest BCUT2D eigenvalue weighted by Crippen LogP contribution is 2.31. The third kappa shape index (κ3) is 2.88. The van der Waals surface area contributed by atoms with Gasteiger partial charge in [0, 0.05) is 30.7 Å². The molecule has 1 N–H and O–H groups in total. The Labute approximate surface area is 124 Å². The Bertz CT molecular complexity index is 478. The molecule has 1 aromatic rings. The summed E-state index contributed by atoms with van der Waals surface area (Å²) in [4.78, 5) is 2.64. The molecular formula is C16H23BrN2. The highest BCUT2D eigenvalue weighted by atomic mass is 79.9. The number of nitrogens with zero attached hydrogens (tertiary/aromatic N) is 1. The van der Waals surface area contributed by atoms with E-state index in [2.05, 4.69) is 52.1 Å². The Morgan fingerprint density at radius 2 is 2.26 bits per heavy atom. The van der Waals surface area contributed by atoms with Gasteiger partial charge in [-0.3, -0.25) is 4.90 Å². The average molecular weight is 323 g/mol. The van der Waals surface area contributed by atoms with Crippen LogP contribution in [0.4, 0.5) is 0 Å². The monoisotopic (exact) mass is 322 g/mol. The first-order valence-electron chi connectivity index (χ1n) is 7.27. The fourth-order valence-electron chi connectivity index (χ4n) is 3.53. The van der Waals surface area contributed by atoms with Gasteiger partial charge in [0.25, 0.3) is 0 Å². The van der Waals surface area contributed by atoms with Crippen LogP contribution in [0.25, 0.3) is 0 Å². The molecule has 3 rings (SSSR count). The van der Waals surface area contributed by atoms with Crippen LogP contribution in [-0.2, 0) is 13.0 Å². The van der Waals surface area contributed by atoms with E-state index in [1.807, 2.05) is 0 Å². The van der Waals surface area contributed by atoms with E-state index >= 15 is 0 Å². The number of rotatable bonds is 2. The topological polar surface area (TPSA) is 15.3 Å². The van der Waals surface area contributed by atoms with Gasteiger partial charge in [-0.1, -0.05) is 28.9 Å². The van der Waals surface area contributed by atoms with E-state index < -0.39 is 0 Å². The molecule has 19 heavy (non-hydrogen) atoms. The van der Waals surface area contributed by atoms with Crippen molar-refractivity contribution in [1.82, 2.24) is 10.2 Å². The molecule has 3 heteroatoms. The zero-order valence-electron chi connectivity index (χ0n) is 11.9. The molecule has 1 atom stereocenters. The molecule has 1 fully saturated rings. The summed E-state index contributed by atoms with van der Waals surface area (Å²) in [6.07, 6.45) is 2.49. The Morgan fingerprint density at radius 3 is 3.00 bits per heavy atom. The van der Waals surface area contributed by atoms with Crippen molar-refractivity contribution in [3.63, 3.8) is 0 Å². The van der Waals surface area contributed by atoms with Gasteiger partial charge in [-0.15, -0.1) is 0 Å². The van der Waals surface area contributed by atoms with Crippen LogP contribution in [0.2, 0.25) is 0 Å². The fourth-order valence-corrected chi connectivity index (χ4v) is 4.35. The molecule has 0 aromatic heterocycles. The van der Waals surface area contributed by atoms with E-state index in [1.54, 1.807) is 0 Å². The zero-order chi connectivity index (χ0) is 13.5. The molecule has 1 unspecified atom stereocenters. The summed E-state index contributed by atoms with van der Waals surface area (Å²) in [6.45, 7) is 10.5. The fraction of sp³-hybridized carbons (Fsp3) is 0.625. The molecular weight excluding hydrogens is 300 g/mol. The van der Waals surface area contributed by atoms with Crippen molar-refractivity contribution < 1.29 is 0 Å². The number of nitrogens with one attached hydrogen (secondary N) is 1. The highest BCUT2D eigenvalue weighted by molar-refractivity contribution is 9.10. The maximum absolute atomic E-state index is 3.72. The van der Waals surface area contributed by atoms with Gasteiger partial charge in [-0.25, -0.2) is 0 Å². The molecule has 0 radical (unpaired) electrons. The lowest BCUT2D eigenvalue weighted by atomic mass is 9.88. The first kappa shape index (κ1) is 13.6. The summed E-state index contributed by atoms with van der Waals surface area (Å²) in [5.74, 6) is 0. The third-order valence-corrected chi connectivity index (χ3v) is 5.27. The van der Waals surface area contributed by atoms with Gasteiger partial charge in [0.05, 0.1) is 0 Å². The van der Waals surface area contributed by atoms with Gasteiger partial charge in [0.1, 0.15) is 0 Å². The van der Waals surface area contributed by atoms with E-state index in [4.69, 9.17) is 0 Å². The van der Waals surface area contributed by atoms with E-state index in [0.29, 0.717) is 5.41 Å². The molecule has 0 amide bonds. The smallest absolute Gasteiger partial charge is 0.0237 e. The van der Waals surface area contributed by atoms with Gasteiger partial charge < -0.3 is 5.32 Å². The predicted molar refractivity (Wildman–Crippen MR) is 83.5 cm³/mol. The molecule has 2 aliphatic rings. The maximum atomic E-state index is 3.72. The van der Waals surface area contributed by atoms with Crippen molar-refractivity contribution in [1.29, 1.82) is 0 Å². The molecule has 0 bridgehead atoms. The zero-order valence-corrected chi connectivity index (χ0v) is 13.5. The second-order valence-corrected chi connectivity index (χ2v) is 7.44. The third-order valence-electron chi connectivity index (χ3n) is 4.57. The van der Waals surface area contributed by atoms with Gasteiger partial charge >= 0.3 is 0 Å². The summed E-state index contributed by atoms with van der Waals surface area (Å²) in [5, 5.41) is 3.51. The molecule has 2 nitrogen and oxygen atoms in total. The van der Waals surface area contributed by atoms with Crippen LogP contribution >= 0.6 is 15.9 Å². The van der Waals surface area contributed by atoms with E-state index in [1.165, 1.54) is 60.2 Å². The number of hydrogen-bond acceptors (Lipinski definition) is 2. The van der Waals surface area contributed by atoms with Crippen LogP contribution in [0.1, 0.15) is 30.0 Å². The molecule has 1 saturated heterocycles. The van der Waals surface area contributed by atoms with Crippen LogP contribution in [0.15, 0.2) is 16.6 Å². The van der Waals surface area contributed by atoms with Crippen LogP contribution in [-0.4, -0.2) is 31.1 Å². The van der Waals surface area contributed by atoms with Crippen molar-refractivity contribution in [2.75, 3.05) is 26.2 Å². The number of halogens is 1. The SMILES string of the molecule is Cc1cc(Br)c2c(c1)CN(CC1(C)CCNC1)CC2. The quantitative estimate of drug-likeness (QED) is 0.900. The lowest BCUT2D eigenvalue weighted by molar-refractivity contribution is 0.164. The van der Waals surface area contributed by atoms with Crippen LogP contribution in [0.5, 0.6) is 0 Å². The lowest BCUT2D eigenvalue weighted by Gasteiger charge is -2.35. The van der Waals surface area contributed by atoms with Crippen molar-refractivity contribution in [3.8, 4) is 0 Å². The predicted octanol–water partition coefficient (Wildman–Crippen LogP) is 3.12. The normalized spacial score (nSPS) is 27.5. The van der Waals surface area contributed by atoms with Crippen molar-refractivity contribution >= 4 is 15.9 Å². The second-order valence-electron chi connectivity index (χ2n) is 6.58. The molecule has 2 aliphatic heterocycles. The standard InChI is InChI=1S/C16H23BrN2/c1-12-7-13-9-19(6-3-14(13)15(17)8-12)11-16(2)4-5-18-10-16/h7-8,18H,3-6,9-11H2,1-2H3. The largest absolute Gasteiger partial charge is 0.316 e. The molecule has 0 spiro atoms. The van der Waals surface area contributed by atoms with Crippen molar-refractivity contribution in [2.45, 2.75) is 33.2 Å². The lowest BCUT2D eigenvalue weighted by Crippen LogP contribution is -2.40. The minimum atomic E-state index is 0.471. The number of benzene rings is 1. The van der Waals surface area contributed by atoms with Crippen LogP contribution < -0.4 is 5.32 Å². The Balaban J connectivity index is 1.75. The van der Waals surface area contributed by atoms with E-state index in [-0.39, 0.29) is 0 Å². The molecule has 1 aromatic carbocycles. The summed E-state index contributed by atoms with van der Waals surface area (Å²) in [5.41, 5.74) is 4.88. The molecule has 0 saturated carbocycles. The molecule has 0 aliphatic carbocycles. The van der Waals surface area contributed by atoms with E-state index in [0.717, 1.165) is 6.54 Å². The maximum Gasteiger partial charge on any atom is 0.0237 e. The first-order chi connectivity index (χ1) is 9.06. The van der Waals surface area contributed by atoms with Gasteiger partial charge in [0.2, 0.25) is 0 Å². The average Bonchev–Trinajstić information content (AvgIpc) is 2.75. The van der Waals surface area contributed by atoms with E-state index in [9.17, 15) is 0 Å². The Morgan fingerprint density at radius 1 is 1.42 bits per heavy atom. The molecule has 2 heterocycles. The Hall–Kier alpha value is -0.380.